The Kier molecular flexibility index (Phi) is 2.86. The number of hydrogen-bond donors (Lipinski definition) is 0. The highest BCUT2D eigenvalue weighted by Gasteiger charge is 2.03. The number of fused-ring (bicyclic) bond motifs is 1. The van der Waals surface area contributed by atoms with Gasteiger partial charge in [0.1, 0.15) is 0 Å². The van der Waals surface area contributed by atoms with E-state index in [-0.39, 0.29) is 0 Å². The lowest BCUT2D eigenvalue weighted by atomic mass is 10.2. The topological polar surface area (TPSA) is 22.1 Å². The SMILES string of the molecule is CCOc1nc2ccccc2cc1I. The standard InChI is InChI=1S/C11H10INO/c1-2-14-11-9(12)7-8-5-3-4-6-10(8)13-11/h3-7H,2H2,1H3. The van der Waals surface area contributed by atoms with Crippen LogP contribution in [0.3, 0.4) is 0 Å². The van der Waals surface area contributed by atoms with Crippen LogP contribution in [0, 0.1) is 3.57 Å². The maximum absolute atomic E-state index is 5.43. The first-order valence-corrected chi connectivity index (χ1v) is 5.57. The van der Waals surface area contributed by atoms with Crippen molar-refractivity contribution in [2.24, 2.45) is 0 Å². The third-order valence-electron chi connectivity index (χ3n) is 1.93. The fraction of sp³-hybridized carbons (Fsp3) is 0.182. The average Bonchev–Trinajstić information content (AvgIpc) is 2.19. The lowest BCUT2D eigenvalue weighted by Gasteiger charge is -2.05. The van der Waals surface area contributed by atoms with Gasteiger partial charge in [-0.3, -0.25) is 0 Å². The van der Waals surface area contributed by atoms with Crippen molar-refractivity contribution >= 4 is 33.5 Å². The van der Waals surface area contributed by atoms with Crippen molar-refractivity contribution in [1.82, 2.24) is 4.98 Å². The van der Waals surface area contributed by atoms with Gasteiger partial charge in [0.05, 0.1) is 15.7 Å². The third kappa shape index (κ3) is 1.82. The first-order valence-electron chi connectivity index (χ1n) is 4.49. The molecule has 0 aliphatic carbocycles. The number of aromatic nitrogens is 1. The van der Waals surface area contributed by atoms with Crippen LogP contribution in [0.4, 0.5) is 0 Å². The minimum atomic E-state index is 0.654. The molecule has 0 radical (unpaired) electrons. The van der Waals surface area contributed by atoms with Crippen LogP contribution in [0.1, 0.15) is 6.92 Å². The summed E-state index contributed by atoms with van der Waals surface area (Å²) >= 11 is 2.24. The Morgan fingerprint density at radius 2 is 2.14 bits per heavy atom. The van der Waals surface area contributed by atoms with E-state index in [0.29, 0.717) is 6.61 Å². The van der Waals surface area contributed by atoms with E-state index in [1.165, 1.54) is 0 Å². The van der Waals surface area contributed by atoms with Gasteiger partial charge in [0.25, 0.3) is 0 Å². The zero-order valence-corrected chi connectivity index (χ0v) is 9.98. The number of rotatable bonds is 2. The predicted molar refractivity (Wildman–Crippen MR) is 65.6 cm³/mol. The second-order valence-electron chi connectivity index (χ2n) is 2.90. The maximum atomic E-state index is 5.43. The number of halogens is 1. The summed E-state index contributed by atoms with van der Waals surface area (Å²) in [6, 6.07) is 10.1. The smallest absolute Gasteiger partial charge is 0.227 e. The number of nitrogens with zero attached hydrogens (tertiary/aromatic N) is 1. The van der Waals surface area contributed by atoms with E-state index in [1.54, 1.807) is 0 Å². The quantitative estimate of drug-likeness (QED) is 0.794. The minimum absolute atomic E-state index is 0.654. The molecule has 2 nitrogen and oxygen atoms in total. The zero-order valence-electron chi connectivity index (χ0n) is 7.83. The summed E-state index contributed by atoms with van der Waals surface area (Å²) < 4.78 is 6.48. The lowest BCUT2D eigenvalue weighted by Crippen LogP contribution is -1.97. The summed E-state index contributed by atoms with van der Waals surface area (Å²) in [4.78, 5) is 4.43. The Morgan fingerprint density at radius 1 is 1.36 bits per heavy atom. The molecule has 0 atom stereocenters. The van der Waals surface area contributed by atoms with E-state index in [1.807, 2.05) is 25.1 Å². The van der Waals surface area contributed by atoms with Crippen LogP contribution < -0.4 is 4.74 Å². The number of ether oxygens (including phenoxy) is 1. The molecule has 0 saturated heterocycles. The molecule has 1 aromatic carbocycles. The highest BCUT2D eigenvalue weighted by Crippen LogP contribution is 2.23. The van der Waals surface area contributed by atoms with Gasteiger partial charge < -0.3 is 4.74 Å². The molecular formula is C11H10INO. The first-order chi connectivity index (χ1) is 6.81. The van der Waals surface area contributed by atoms with Crippen LogP contribution in [0.15, 0.2) is 30.3 Å². The molecule has 0 unspecified atom stereocenters. The van der Waals surface area contributed by atoms with Crippen LogP contribution in [-0.2, 0) is 0 Å². The van der Waals surface area contributed by atoms with Crippen LogP contribution >= 0.6 is 22.6 Å². The molecular weight excluding hydrogens is 289 g/mol. The van der Waals surface area contributed by atoms with E-state index < -0.39 is 0 Å². The molecule has 72 valence electrons. The Morgan fingerprint density at radius 3 is 2.93 bits per heavy atom. The van der Waals surface area contributed by atoms with Crippen molar-refractivity contribution in [3.05, 3.63) is 33.9 Å². The lowest BCUT2D eigenvalue weighted by molar-refractivity contribution is 0.325. The minimum Gasteiger partial charge on any atom is -0.477 e. The molecule has 0 fully saturated rings. The molecule has 0 saturated carbocycles. The molecule has 2 rings (SSSR count). The summed E-state index contributed by atoms with van der Waals surface area (Å²) in [7, 11) is 0. The van der Waals surface area contributed by atoms with Gasteiger partial charge in [-0.05, 0) is 41.6 Å². The molecule has 0 bridgehead atoms. The molecule has 0 amide bonds. The molecule has 0 N–H and O–H groups in total. The molecule has 3 heteroatoms. The first kappa shape index (κ1) is 9.71. The highest BCUT2D eigenvalue weighted by molar-refractivity contribution is 14.1. The Hall–Kier alpha value is -0.840. The average molecular weight is 299 g/mol. The second-order valence-corrected chi connectivity index (χ2v) is 4.06. The Bertz CT molecular complexity index is 456. The van der Waals surface area contributed by atoms with E-state index in [9.17, 15) is 0 Å². The van der Waals surface area contributed by atoms with E-state index in [4.69, 9.17) is 4.74 Å². The van der Waals surface area contributed by atoms with Gasteiger partial charge in [-0.15, -0.1) is 0 Å². The Balaban J connectivity index is 2.59. The van der Waals surface area contributed by atoms with E-state index in [2.05, 4.69) is 39.7 Å². The number of pyridine rings is 1. The largest absolute Gasteiger partial charge is 0.477 e. The van der Waals surface area contributed by atoms with Gasteiger partial charge in [0, 0.05) is 5.39 Å². The van der Waals surface area contributed by atoms with Gasteiger partial charge in [0.15, 0.2) is 0 Å². The van der Waals surface area contributed by atoms with Crippen molar-refractivity contribution in [2.45, 2.75) is 6.92 Å². The van der Waals surface area contributed by atoms with Crippen molar-refractivity contribution in [2.75, 3.05) is 6.61 Å². The van der Waals surface area contributed by atoms with E-state index >= 15 is 0 Å². The van der Waals surface area contributed by atoms with Crippen LogP contribution in [-0.4, -0.2) is 11.6 Å². The van der Waals surface area contributed by atoms with Crippen LogP contribution in [0.2, 0.25) is 0 Å². The normalized spacial score (nSPS) is 10.4. The van der Waals surface area contributed by atoms with Gasteiger partial charge in [0.2, 0.25) is 5.88 Å². The molecule has 0 aliphatic heterocycles. The summed E-state index contributed by atoms with van der Waals surface area (Å²) in [5.74, 6) is 0.729. The zero-order chi connectivity index (χ0) is 9.97. The fourth-order valence-electron chi connectivity index (χ4n) is 1.31. The molecule has 2 aromatic rings. The van der Waals surface area contributed by atoms with Crippen LogP contribution in [0.25, 0.3) is 10.9 Å². The Labute approximate surface area is 96.4 Å². The van der Waals surface area contributed by atoms with Crippen molar-refractivity contribution < 1.29 is 4.74 Å². The van der Waals surface area contributed by atoms with Crippen molar-refractivity contribution in [3.63, 3.8) is 0 Å². The number of hydrogen-bond acceptors (Lipinski definition) is 2. The summed E-state index contributed by atoms with van der Waals surface area (Å²) in [6.07, 6.45) is 0. The van der Waals surface area contributed by atoms with Gasteiger partial charge in [-0.1, -0.05) is 18.2 Å². The molecule has 0 spiro atoms. The van der Waals surface area contributed by atoms with Gasteiger partial charge >= 0.3 is 0 Å². The van der Waals surface area contributed by atoms with Crippen LogP contribution in [0.5, 0.6) is 5.88 Å². The summed E-state index contributed by atoms with van der Waals surface area (Å²) in [5, 5.41) is 1.15. The second kappa shape index (κ2) is 4.13. The number of benzene rings is 1. The van der Waals surface area contributed by atoms with Crippen molar-refractivity contribution in [3.8, 4) is 5.88 Å². The monoisotopic (exact) mass is 299 g/mol. The summed E-state index contributed by atoms with van der Waals surface area (Å²) in [6.45, 7) is 2.62. The van der Waals surface area contributed by atoms with Gasteiger partial charge in [-0.25, -0.2) is 4.98 Å². The number of para-hydroxylation sites is 1. The van der Waals surface area contributed by atoms with Crippen molar-refractivity contribution in [1.29, 1.82) is 0 Å². The molecule has 0 aliphatic rings. The molecule has 14 heavy (non-hydrogen) atoms. The highest BCUT2D eigenvalue weighted by atomic mass is 127. The van der Waals surface area contributed by atoms with Gasteiger partial charge in [-0.2, -0.15) is 0 Å². The fourth-order valence-corrected chi connectivity index (χ4v) is 1.92. The van der Waals surface area contributed by atoms with E-state index in [0.717, 1.165) is 20.4 Å². The summed E-state index contributed by atoms with van der Waals surface area (Å²) in [5.41, 5.74) is 0.983. The molecule has 1 aromatic heterocycles. The maximum Gasteiger partial charge on any atom is 0.227 e. The predicted octanol–water partition coefficient (Wildman–Crippen LogP) is 3.24. The molecule has 1 heterocycles. The third-order valence-corrected chi connectivity index (χ3v) is 2.70.